The Hall–Kier alpha value is -10.9. The Morgan fingerprint density at radius 1 is 0.147 bits per heavy atom. The van der Waals surface area contributed by atoms with E-state index in [4.69, 9.17) is 0 Å². The van der Waals surface area contributed by atoms with Gasteiger partial charge >= 0.3 is 0 Å². The van der Waals surface area contributed by atoms with Gasteiger partial charge in [0.2, 0.25) is 0 Å². The van der Waals surface area contributed by atoms with Crippen molar-refractivity contribution in [2.75, 3.05) is 0 Å². The number of hydrogen-bond acceptors (Lipinski definition) is 7. The van der Waals surface area contributed by atoms with Crippen LogP contribution in [0.15, 0.2) is 190 Å². The van der Waals surface area contributed by atoms with Crippen molar-refractivity contribution in [3.8, 4) is 0 Å². The van der Waals surface area contributed by atoms with E-state index in [-0.39, 0.29) is 113 Å². The van der Waals surface area contributed by atoms with Crippen molar-refractivity contribution in [3.05, 3.63) is 368 Å². The molecule has 0 radical (unpaired) electrons. The van der Waals surface area contributed by atoms with Crippen LogP contribution in [-0.4, -0.2) is 40.5 Å². The van der Waals surface area contributed by atoms with Crippen molar-refractivity contribution in [3.63, 3.8) is 0 Å². The Kier molecular flexibility index (Phi) is 26.5. The van der Waals surface area contributed by atoms with Gasteiger partial charge in [-0.15, -0.1) is 0 Å². The average Bonchev–Trinajstić information content (AvgIpc) is 0.729. The Bertz CT molecular complexity index is 6010. The van der Waals surface area contributed by atoms with Gasteiger partial charge in [-0.2, -0.15) is 0 Å². The first-order chi connectivity index (χ1) is 58.3. The maximum atomic E-state index is 13.8. The van der Waals surface area contributed by atoms with Crippen molar-refractivity contribution in [2.45, 2.75) is 322 Å². The van der Waals surface area contributed by atoms with E-state index in [1.165, 1.54) is 27.8 Å². The Balaban J connectivity index is 0.000000169. The van der Waals surface area contributed by atoms with Crippen LogP contribution in [0.1, 0.15) is 468 Å². The minimum atomic E-state index is -0.131. The molecule has 0 amide bonds. The van der Waals surface area contributed by atoms with Gasteiger partial charge in [-0.1, -0.05) is 367 Å². The van der Waals surface area contributed by atoms with Gasteiger partial charge in [0, 0.05) is 77.9 Å². The lowest BCUT2D eigenvalue weighted by Crippen LogP contribution is -2.29. The van der Waals surface area contributed by atoms with Gasteiger partial charge < -0.3 is 0 Å². The van der Waals surface area contributed by atoms with Crippen LogP contribution >= 0.6 is 0 Å². The largest absolute Gasteiger partial charge is 0.289 e. The van der Waals surface area contributed by atoms with Gasteiger partial charge in [-0.3, -0.25) is 33.6 Å². The standard InChI is InChI=1S/C30H40O2.C26H32O2.2C23H26O.C19H18O.CH4/c1-27(2,3)21-13-17-18(14-22(21)28(4,5)6)26(32)20-16-24(30(10,11)12)23(29(7,8)9)15-19(20)25(17)31;1-24(2,3)15-10-11-16-17(12-15)23(28)19-14-21(26(7,8)9)20(25(4,5)6)13-18(19)22(16)27;1-14-17-10-8-16(23(5,6)7)13-20(17)21(24)18-11-9-15(12-19(14)18)22(2,3)4;1-14-17-10-8-15(22(2,3)4)12-19(17)21(24)20-13-16(23(5,6)7)9-11-18(14)20;1-12-14-7-5-6-8-15(14)18(20)16-10-9-13(11-17(12)16)19(2,3)4;/h13-16H,1-12H3;10-14H,1-9H3;2*8-13H,1H2,2-7H3;5-11H,1H2,2-4H3;1H4. The molecule has 0 aromatic heterocycles. The van der Waals surface area contributed by atoms with Crippen molar-refractivity contribution < 1.29 is 33.6 Å². The molecule has 129 heavy (non-hydrogen) atoms. The SMILES string of the molecule is C.C=C1c2cc(C(C)(C)C)ccc2C(=O)c2cc(C(C)(C)C)ccc21.C=C1c2ccc(C(C)(C)C)cc2C(=O)c2cc(C(C)(C)C)ccc21.C=C1c2ccccc2C(=O)c2ccc(C(C)(C)C)cc21.CC(C)(C)c1cc2c(cc1C(C)(C)C)C(=O)c1cc(C(C)(C)C)c(C(C)(C)C)cc1C2=O.CC(C)(C)c1ccc2c(c1)C(=O)c1cc(C(C)(C)C)c(C(C)(C)C)cc1C2=O. The summed E-state index contributed by atoms with van der Waals surface area (Å²) in [4.78, 5) is 93.1. The molecule has 0 spiro atoms. The van der Waals surface area contributed by atoms with Crippen molar-refractivity contribution >= 4 is 57.2 Å². The maximum Gasteiger partial charge on any atom is 0.194 e. The molecule has 7 nitrogen and oxygen atoms in total. The van der Waals surface area contributed by atoms with E-state index < -0.39 is 0 Å². The van der Waals surface area contributed by atoms with Crippen LogP contribution in [0.4, 0.5) is 0 Å². The van der Waals surface area contributed by atoms with Crippen molar-refractivity contribution in [1.29, 1.82) is 0 Å². The fourth-order valence-electron chi connectivity index (χ4n) is 17.7. The summed E-state index contributed by atoms with van der Waals surface area (Å²) in [6, 6.07) is 56.3. The molecule has 15 rings (SSSR count). The highest BCUT2D eigenvalue weighted by Gasteiger charge is 2.41. The molecule has 10 aromatic carbocycles. The summed E-state index contributed by atoms with van der Waals surface area (Å²) in [5, 5.41) is 0. The topological polar surface area (TPSA) is 119 Å². The molecule has 0 saturated heterocycles. The summed E-state index contributed by atoms with van der Waals surface area (Å²) >= 11 is 0. The second kappa shape index (κ2) is 34.1. The molecule has 0 bridgehead atoms. The number of carbonyl (C=O) groups excluding carboxylic acids is 7. The van der Waals surface area contributed by atoms with Gasteiger partial charge in [0.05, 0.1) is 0 Å². The van der Waals surface area contributed by atoms with E-state index in [9.17, 15) is 33.6 Å². The number of carbonyl (C=O) groups is 7. The fourth-order valence-corrected chi connectivity index (χ4v) is 17.7. The summed E-state index contributed by atoms with van der Waals surface area (Å²) in [7, 11) is 0. The third kappa shape index (κ3) is 20.1. The number of rotatable bonds is 0. The van der Waals surface area contributed by atoms with E-state index in [0.717, 1.165) is 122 Å². The second-order valence-corrected chi connectivity index (χ2v) is 48.7. The van der Waals surface area contributed by atoms with E-state index in [2.05, 4.69) is 342 Å². The molecule has 0 atom stereocenters. The monoisotopic (exact) mass is 1720 g/mol. The van der Waals surface area contributed by atoms with Gasteiger partial charge in [0.1, 0.15) is 0 Å². The van der Waals surface area contributed by atoms with Crippen LogP contribution in [0.2, 0.25) is 0 Å². The van der Waals surface area contributed by atoms with Crippen LogP contribution < -0.4 is 0 Å². The highest BCUT2D eigenvalue weighted by molar-refractivity contribution is 6.30. The van der Waals surface area contributed by atoms with Crippen LogP contribution in [0, 0.1) is 0 Å². The lowest BCUT2D eigenvalue weighted by atomic mass is 9.69. The predicted octanol–water partition coefficient (Wildman–Crippen LogP) is 31.0. The maximum absolute atomic E-state index is 13.8. The van der Waals surface area contributed by atoms with Gasteiger partial charge in [0.25, 0.3) is 0 Å². The van der Waals surface area contributed by atoms with Crippen LogP contribution in [-0.2, 0) is 65.0 Å². The molecule has 7 heteroatoms. The van der Waals surface area contributed by atoms with Gasteiger partial charge in [-0.05, 0) is 261 Å². The third-order valence-electron chi connectivity index (χ3n) is 25.9. The molecule has 0 saturated carbocycles. The Morgan fingerprint density at radius 2 is 0.271 bits per heavy atom. The van der Waals surface area contributed by atoms with E-state index in [0.29, 0.717) is 44.5 Å². The molecule has 0 heterocycles. The van der Waals surface area contributed by atoms with Crippen molar-refractivity contribution in [2.24, 2.45) is 0 Å². The first kappa shape index (κ1) is 100. The molecular weight excluding hydrogens is 1580 g/mol. The van der Waals surface area contributed by atoms with E-state index >= 15 is 0 Å². The Morgan fingerprint density at radius 3 is 0.465 bits per heavy atom. The molecule has 0 unspecified atom stereocenters. The highest BCUT2D eigenvalue weighted by Crippen LogP contribution is 2.48. The van der Waals surface area contributed by atoms with Gasteiger partial charge in [0.15, 0.2) is 40.5 Å². The molecule has 0 aliphatic heterocycles. The first-order valence-electron chi connectivity index (χ1n) is 45.7. The first-order valence-corrected chi connectivity index (χ1v) is 45.7. The van der Waals surface area contributed by atoms with Gasteiger partial charge in [-0.25, -0.2) is 0 Å². The molecule has 5 aliphatic carbocycles. The molecule has 0 fully saturated rings. The summed E-state index contributed by atoms with van der Waals surface area (Å²) in [5.74, 6) is 0.169. The predicted molar refractivity (Wildman–Crippen MR) is 544 cm³/mol. The summed E-state index contributed by atoms with van der Waals surface area (Å²) in [5.41, 5.74) is 30.8. The van der Waals surface area contributed by atoms with E-state index in [1.807, 2.05) is 97.1 Å². The van der Waals surface area contributed by atoms with E-state index in [1.54, 1.807) is 0 Å². The zero-order valence-corrected chi connectivity index (χ0v) is 84.1. The van der Waals surface area contributed by atoms with Crippen LogP contribution in [0.25, 0.3) is 16.7 Å². The van der Waals surface area contributed by atoms with Crippen molar-refractivity contribution in [1.82, 2.24) is 0 Å². The lowest BCUT2D eigenvalue weighted by molar-refractivity contribution is 0.0978. The smallest absolute Gasteiger partial charge is 0.194 e. The fraction of sp³-hybridized carbons (Fsp3) is 0.402. The lowest BCUT2D eigenvalue weighted by Gasteiger charge is -2.34. The van der Waals surface area contributed by atoms with Crippen LogP contribution in [0.3, 0.4) is 0 Å². The highest BCUT2D eigenvalue weighted by atomic mass is 16.2. The molecule has 676 valence electrons. The zero-order valence-electron chi connectivity index (χ0n) is 84.1. The minimum Gasteiger partial charge on any atom is -0.289 e. The number of hydrogen-bond donors (Lipinski definition) is 0. The molecule has 10 aromatic rings. The minimum absolute atomic E-state index is 0. The molecule has 0 N–H and O–H groups in total. The summed E-state index contributed by atoms with van der Waals surface area (Å²) in [6.45, 7) is 90.7. The zero-order chi connectivity index (χ0) is 96.0. The number of fused-ring (bicyclic) bond motifs is 10. The third-order valence-corrected chi connectivity index (χ3v) is 25.9. The van der Waals surface area contributed by atoms with Crippen LogP contribution in [0.5, 0.6) is 0 Å². The normalized spacial score (nSPS) is 14.4. The Labute approximate surface area is 775 Å². The number of ketones is 7. The second-order valence-electron chi connectivity index (χ2n) is 48.7. The summed E-state index contributed by atoms with van der Waals surface area (Å²) in [6.07, 6.45) is 0. The quantitative estimate of drug-likeness (QED) is 0.148. The molecule has 5 aliphatic rings. The number of benzene rings is 10. The molecular formula is C122H146O7. The summed E-state index contributed by atoms with van der Waals surface area (Å²) < 4.78 is 0. The average molecular weight is 1720 g/mol.